The Bertz CT molecular complexity index is 2110. The first-order chi connectivity index (χ1) is 20.6. The smallest absolute Gasteiger partial charge is 0.255 e. The lowest BCUT2D eigenvalue weighted by atomic mass is 10.00. The number of nitrogens with one attached hydrogen (secondary N) is 2. The van der Waals surface area contributed by atoms with E-state index in [-0.39, 0.29) is 28.5 Å². The molecule has 0 unspecified atom stereocenters. The number of halogens is 1. The van der Waals surface area contributed by atoms with Crippen molar-refractivity contribution in [1.82, 2.24) is 25.5 Å². The van der Waals surface area contributed by atoms with Crippen LogP contribution in [0.15, 0.2) is 71.3 Å². The number of pyridine rings is 1. The summed E-state index contributed by atoms with van der Waals surface area (Å²) >= 11 is 0. The van der Waals surface area contributed by atoms with Gasteiger partial charge in [-0.2, -0.15) is 0 Å². The maximum Gasteiger partial charge on any atom is 0.255 e. The van der Waals surface area contributed by atoms with Crippen LogP contribution in [0.5, 0.6) is 5.88 Å². The molecule has 0 aliphatic heterocycles. The highest BCUT2D eigenvalue weighted by atomic mass is 32.2. The first-order valence-electron chi connectivity index (χ1n) is 13.0. The first kappa shape index (κ1) is 27.8. The average Bonchev–Trinajstić information content (AvgIpc) is 3.61. The largest absolute Gasteiger partial charge is 0.479 e. The van der Waals surface area contributed by atoms with E-state index < -0.39 is 21.7 Å². The third-order valence-electron chi connectivity index (χ3n) is 7.11. The number of aromatic amines is 1. The van der Waals surface area contributed by atoms with Gasteiger partial charge in [0.1, 0.15) is 22.8 Å². The number of benzene rings is 2. The second kappa shape index (κ2) is 10.5. The van der Waals surface area contributed by atoms with Crippen molar-refractivity contribution in [3.05, 3.63) is 78.2 Å². The molecule has 11 nitrogen and oxygen atoms in total. The van der Waals surface area contributed by atoms with E-state index in [0.717, 1.165) is 15.9 Å². The van der Waals surface area contributed by atoms with Crippen LogP contribution in [-0.2, 0) is 10.0 Å². The molecule has 6 aromatic rings. The van der Waals surface area contributed by atoms with Gasteiger partial charge >= 0.3 is 0 Å². The third-order valence-corrected chi connectivity index (χ3v) is 8.31. The monoisotopic (exact) mass is 600 g/mol. The van der Waals surface area contributed by atoms with Crippen molar-refractivity contribution in [3.63, 3.8) is 0 Å². The maximum atomic E-state index is 13.7. The van der Waals surface area contributed by atoms with Crippen LogP contribution in [0.4, 0.5) is 10.1 Å². The summed E-state index contributed by atoms with van der Waals surface area (Å²) < 4.78 is 51.9. The standard InChI is InChI=1S/C30H25FN6O5S/c1-32-29(38)26-21-13-19(23-14-20(30(41-3)36-35-23)22-12-17-6-5-11-33-28(17)34-22)24(37(2)43(4,39)40)15-25(21)42-27(26)16-7-9-18(31)10-8-16/h5-15H,1-4H3,(H,32,38)(H,33,34). The van der Waals surface area contributed by atoms with Crippen molar-refractivity contribution < 1.29 is 26.8 Å². The Morgan fingerprint density at radius 3 is 2.51 bits per heavy atom. The molecule has 0 spiro atoms. The minimum absolute atomic E-state index is 0.197. The van der Waals surface area contributed by atoms with Crippen LogP contribution >= 0.6 is 0 Å². The zero-order valence-electron chi connectivity index (χ0n) is 23.5. The summed E-state index contributed by atoms with van der Waals surface area (Å²) in [6.07, 6.45) is 2.75. The van der Waals surface area contributed by atoms with Gasteiger partial charge in [-0.15, -0.1) is 10.2 Å². The van der Waals surface area contributed by atoms with Gasteiger partial charge in [-0.25, -0.2) is 17.8 Å². The number of hydrogen-bond acceptors (Lipinski definition) is 8. The van der Waals surface area contributed by atoms with E-state index in [1.807, 2.05) is 18.2 Å². The molecule has 1 amide bonds. The number of hydrogen-bond donors (Lipinski definition) is 2. The van der Waals surface area contributed by atoms with Crippen molar-refractivity contribution in [1.29, 1.82) is 0 Å². The second-order valence-corrected chi connectivity index (χ2v) is 11.8. The van der Waals surface area contributed by atoms with Crippen molar-refractivity contribution >= 4 is 43.6 Å². The molecule has 0 radical (unpaired) electrons. The lowest BCUT2D eigenvalue weighted by molar-refractivity contribution is 0.0964. The molecule has 0 aliphatic rings. The lowest BCUT2D eigenvalue weighted by Gasteiger charge is -2.20. The van der Waals surface area contributed by atoms with E-state index in [0.29, 0.717) is 39.1 Å². The van der Waals surface area contributed by atoms with Gasteiger partial charge in [-0.1, -0.05) is 0 Å². The van der Waals surface area contributed by atoms with Crippen LogP contribution in [0.3, 0.4) is 0 Å². The molecule has 4 heterocycles. The van der Waals surface area contributed by atoms with Crippen molar-refractivity contribution in [2.75, 3.05) is 31.8 Å². The Kier molecular flexibility index (Phi) is 6.81. The number of anilines is 1. The van der Waals surface area contributed by atoms with Gasteiger partial charge in [0.25, 0.3) is 5.91 Å². The molecule has 0 bridgehead atoms. The Morgan fingerprint density at radius 2 is 1.84 bits per heavy atom. The molecule has 0 saturated carbocycles. The number of nitrogens with zero attached hydrogens (tertiary/aromatic N) is 4. The molecule has 6 rings (SSSR count). The summed E-state index contributed by atoms with van der Waals surface area (Å²) in [7, 11) is 0.620. The molecule has 13 heteroatoms. The quantitative estimate of drug-likeness (QED) is 0.261. The van der Waals surface area contributed by atoms with Crippen LogP contribution < -0.4 is 14.4 Å². The van der Waals surface area contributed by atoms with Crippen LogP contribution in [0, 0.1) is 5.82 Å². The Balaban J connectivity index is 1.64. The molecule has 0 aliphatic carbocycles. The van der Waals surface area contributed by atoms with Crippen LogP contribution in [0.2, 0.25) is 0 Å². The fourth-order valence-corrected chi connectivity index (χ4v) is 5.40. The number of sulfonamides is 1. The minimum Gasteiger partial charge on any atom is -0.479 e. The van der Waals surface area contributed by atoms with E-state index in [2.05, 4.69) is 25.5 Å². The van der Waals surface area contributed by atoms with Gasteiger partial charge in [-0.3, -0.25) is 9.10 Å². The van der Waals surface area contributed by atoms with Crippen molar-refractivity contribution in [2.24, 2.45) is 0 Å². The molecular weight excluding hydrogens is 575 g/mol. The number of carbonyl (C=O) groups excluding carboxylic acids is 1. The lowest BCUT2D eigenvalue weighted by Crippen LogP contribution is -2.25. The third kappa shape index (κ3) is 4.93. The van der Waals surface area contributed by atoms with Gasteiger partial charge in [0, 0.05) is 48.3 Å². The molecule has 2 aromatic carbocycles. The number of aromatic nitrogens is 4. The molecule has 0 atom stereocenters. The Labute approximate surface area is 245 Å². The average molecular weight is 601 g/mol. The fraction of sp³-hybridized carbons (Fsp3) is 0.133. The predicted molar refractivity (Wildman–Crippen MR) is 161 cm³/mol. The predicted octanol–water partition coefficient (Wildman–Crippen LogP) is 5.00. The summed E-state index contributed by atoms with van der Waals surface area (Å²) in [6.45, 7) is 0. The van der Waals surface area contributed by atoms with Crippen molar-refractivity contribution in [2.45, 2.75) is 0 Å². The number of fused-ring (bicyclic) bond motifs is 2. The van der Waals surface area contributed by atoms with Gasteiger partial charge in [-0.05, 0) is 54.6 Å². The number of rotatable bonds is 7. The molecule has 43 heavy (non-hydrogen) atoms. The minimum atomic E-state index is -3.75. The van der Waals surface area contributed by atoms with Gasteiger partial charge in [0.05, 0.1) is 41.6 Å². The highest BCUT2D eigenvalue weighted by Gasteiger charge is 2.27. The molecule has 218 valence electrons. The van der Waals surface area contributed by atoms with E-state index in [9.17, 15) is 17.6 Å². The fourth-order valence-electron chi connectivity index (χ4n) is 4.89. The maximum absolute atomic E-state index is 13.7. The van der Waals surface area contributed by atoms with E-state index in [4.69, 9.17) is 9.15 Å². The Hall–Kier alpha value is -5.30. The first-order valence-corrected chi connectivity index (χ1v) is 14.8. The van der Waals surface area contributed by atoms with Gasteiger partial charge in [0.2, 0.25) is 15.9 Å². The molecule has 2 N–H and O–H groups in total. The Morgan fingerprint density at radius 1 is 1.07 bits per heavy atom. The van der Waals surface area contributed by atoms with Crippen molar-refractivity contribution in [3.8, 4) is 39.7 Å². The van der Waals surface area contributed by atoms with E-state index >= 15 is 0 Å². The van der Waals surface area contributed by atoms with E-state index in [1.54, 1.807) is 18.3 Å². The summed E-state index contributed by atoms with van der Waals surface area (Å²) in [5, 5.41) is 12.5. The number of H-pyrrole nitrogens is 1. The molecular formula is C30H25FN6O5S. The number of amides is 1. The number of furan rings is 1. The molecule has 4 aromatic heterocycles. The van der Waals surface area contributed by atoms with E-state index in [1.165, 1.54) is 51.5 Å². The summed E-state index contributed by atoms with van der Waals surface area (Å²) in [5.41, 5.74) is 3.70. The highest BCUT2D eigenvalue weighted by Crippen LogP contribution is 2.42. The summed E-state index contributed by atoms with van der Waals surface area (Å²) in [4.78, 5) is 20.8. The topological polar surface area (TPSA) is 143 Å². The SMILES string of the molecule is CNC(=O)c1c(-c2ccc(F)cc2)oc2cc(N(C)S(C)(=O)=O)c(-c3cc(-c4cc5cccnc5[nH]4)c(OC)nn3)cc12. The number of ether oxygens (including phenoxy) is 1. The van der Waals surface area contributed by atoms with Gasteiger partial charge < -0.3 is 19.5 Å². The highest BCUT2D eigenvalue weighted by molar-refractivity contribution is 7.92. The zero-order chi connectivity index (χ0) is 30.5. The normalized spacial score (nSPS) is 11.7. The van der Waals surface area contributed by atoms with Gasteiger partial charge in [0.15, 0.2) is 0 Å². The summed E-state index contributed by atoms with van der Waals surface area (Å²) in [5.74, 6) is -0.449. The number of methoxy groups -OCH3 is 1. The number of carbonyl (C=O) groups is 1. The van der Waals surface area contributed by atoms with Crippen LogP contribution in [0.1, 0.15) is 10.4 Å². The molecule has 0 saturated heterocycles. The van der Waals surface area contributed by atoms with Crippen LogP contribution in [-0.4, -0.2) is 62.0 Å². The van der Waals surface area contributed by atoms with Crippen LogP contribution in [0.25, 0.3) is 55.8 Å². The molecule has 0 fully saturated rings. The summed E-state index contributed by atoms with van der Waals surface area (Å²) in [6, 6.07) is 16.0. The zero-order valence-corrected chi connectivity index (χ0v) is 24.3. The second-order valence-electron chi connectivity index (χ2n) is 9.76.